The van der Waals surface area contributed by atoms with Gasteiger partial charge < -0.3 is 9.67 Å². The number of hydrogen-bond acceptors (Lipinski definition) is 3. The van der Waals surface area contributed by atoms with Crippen LogP contribution in [0.4, 0.5) is 0 Å². The number of thiophene rings is 1. The Hall–Kier alpha value is -1.88. The van der Waals surface area contributed by atoms with Gasteiger partial charge in [0.15, 0.2) is 0 Å². The third-order valence-electron chi connectivity index (χ3n) is 3.44. The molecule has 4 nitrogen and oxygen atoms in total. The molecule has 0 saturated heterocycles. The second kappa shape index (κ2) is 4.66. The van der Waals surface area contributed by atoms with E-state index in [0.29, 0.717) is 11.4 Å². The van der Waals surface area contributed by atoms with Gasteiger partial charge in [-0.3, -0.25) is 4.79 Å². The van der Waals surface area contributed by atoms with Gasteiger partial charge in [0.1, 0.15) is 4.88 Å². The minimum absolute atomic E-state index is 0.00840. The van der Waals surface area contributed by atoms with Crippen LogP contribution >= 0.6 is 11.3 Å². The lowest BCUT2D eigenvalue weighted by Crippen LogP contribution is -2.22. The summed E-state index contributed by atoms with van der Waals surface area (Å²) in [5.41, 5.74) is 2.35. The molecule has 1 N–H and O–H groups in total. The van der Waals surface area contributed by atoms with Crippen molar-refractivity contribution in [1.82, 2.24) is 4.57 Å². The largest absolute Gasteiger partial charge is 0.477 e. The van der Waals surface area contributed by atoms with Gasteiger partial charge in [0.2, 0.25) is 0 Å². The second-order valence-corrected chi connectivity index (χ2v) is 5.82. The summed E-state index contributed by atoms with van der Waals surface area (Å²) >= 11 is 1.23. The zero-order chi connectivity index (χ0) is 13.4. The number of aryl methyl sites for hydroxylation is 1. The number of aromatic carboxylic acids is 1. The number of hydrogen-bond donors (Lipinski definition) is 1. The Kier molecular flexibility index (Phi) is 2.98. The zero-order valence-corrected chi connectivity index (χ0v) is 11.1. The molecule has 2 heterocycles. The first kappa shape index (κ1) is 12.2. The third kappa shape index (κ3) is 2.21. The molecule has 0 unspecified atom stereocenters. The summed E-state index contributed by atoms with van der Waals surface area (Å²) < 4.78 is 1.78. The van der Waals surface area contributed by atoms with Crippen LogP contribution in [0.5, 0.6) is 0 Å². The van der Waals surface area contributed by atoms with Crippen LogP contribution in [0.1, 0.15) is 32.2 Å². The Morgan fingerprint density at radius 3 is 2.84 bits per heavy atom. The van der Waals surface area contributed by atoms with Gasteiger partial charge in [-0.15, -0.1) is 11.3 Å². The first-order chi connectivity index (χ1) is 9.15. The third-order valence-corrected chi connectivity index (χ3v) is 4.49. The first-order valence-corrected chi connectivity index (χ1v) is 7.00. The highest BCUT2D eigenvalue weighted by molar-refractivity contribution is 7.13. The van der Waals surface area contributed by atoms with Gasteiger partial charge in [-0.05, 0) is 37.0 Å². The molecule has 0 radical (unpaired) electrons. The molecule has 0 saturated carbocycles. The minimum Gasteiger partial charge on any atom is -0.477 e. The highest BCUT2D eigenvalue weighted by Gasteiger charge is 2.16. The second-order valence-electron chi connectivity index (χ2n) is 4.65. The van der Waals surface area contributed by atoms with Gasteiger partial charge in [0.25, 0.3) is 5.56 Å². The average molecular weight is 275 g/mol. The maximum atomic E-state index is 12.0. The Labute approximate surface area is 113 Å². The molecule has 0 bridgehead atoms. The molecule has 0 aromatic carbocycles. The molecule has 1 aliphatic rings. The van der Waals surface area contributed by atoms with Gasteiger partial charge in [-0.2, -0.15) is 0 Å². The van der Waals surface area contributed by atoms with E-state index in [4.69, 9.17) is 5.11 Å². The number of aromatic nitrogens is 1. The molecular weight excluding hydrogens is 262 g/mol. The van der Waals surface area contributed by atoms with E-state index in [0.717, 1.165) is 29.8 Å². The quantitative estimate of drug-likeness (QED) is 0.933. The lowest BCUT2D eigenvalue weighted by molar-refractivity contribution is 0.0702. The Bertz CT molecular complexity index is 699. The van der Waals surface area contributed by atoms with E-state index >= 15 is 0 Å². The molecule has 0 spiro atoms. The molecule has 98 valence electrons. The normalized spacial score (nSPS) is 13.5. The van der Waals surface area contributed by atoms with E-state index < -0.39 is 5.97 Å². The minimum atomic E-state index is -0.915. The van der Waals surface area contributed by atoms with Crippen molar-refractivity contribution < 1.29 is 9.90 Å². The summed E-state index contributed by atoms with van der Waals surface area (Å²) in [5, 5.41) is 8.92. The van der Waals surface area contributed by atoms with Crippen molar-refractivity contribution in [2.24, 2.45) is 0 Å². The highest BCUT2D eigenvalue weighted by Crippen LogP contribution is 2.22. The van der Waals surface area contributed by atoms with Crippen molar-refractivity contribution in [1.29, 1.82) is 0 Å². The standard InChI is InChI=1S/C14H13NO3S/c16-13-7-4-9-2-1-3-11(9)15(13)8-10-5-6-12(19-10)14(17)18/h4-7H,1-3,8H2,(H,17,18). The summed E-state index contributed by atoms with van der Waals surface area (Å²) in [6.07, 6.45) is 3.05. The van der Waals surface area contributed by atoms with Crippen LogP contribution in [-0.2, 0) is 19.4 Å². The van der Waals surface area contributed by atoms with Crippen LogP contribution < -0.4 is 5.56 Å². The molecule has 1 aliphatic carbocycles. The van der Waals surface area contributed by atoms with Crippen molar-refractivity contribution in [2.75, 3.05) is 0 Å². The van der Waals surface area contributed by atoms with Crippen molar-refractivity contribution in [2.45, 2.75) is 25.8 Å². The van der Waals surface area contributed by atoms with Crippen molar-refractivity contribution in [3.05, 3.63) is 55.6 Å². The molecule has 0 fully saturated rings. The predicted molar refractivity (Wildman–Crippen MR) is 73.1 cm³/mol. The Balaban J connectivity index is 1.97. The summed E-state index contributed by atoms with van der Waals surface area (Å²) in [5.74, 6) is -0.915. The van der Waals surface area contributed by atoms with Crippen molar-refractivity contribution in [3.63, 3.8) is 0 Å². The molecule has 2 aromatic heterocycles. The fourth-order valence-corrected chi connectivity index (χ4v) is 3.38. The number of nitrogens with zero attached hydrogens (tertiary/aromatic N) is 1. The molecule has 3 rings (SSSR count). The van der Waals surface area contributed by atoms with Gasteiger partial charge >= 0.3 is 5.97 Å². The summed E-state index contributed by atoms with van der Waals surface area (Å²) in [6.45, 7) is 0.472. The van der Waals surface area contributed by atoms with E-state index in [-0.39, 0.29) is 5.56 Å². The van der Waals surface area contributed by atoms with Crippen LogP contribution in [-0.4, -0.2) is 15.6 Å². The smallest absolute Gasteiger partial charge is 0.345 e. The van der Waals surface area contributed by atoms with Crippen LogP contribution in [0.15, 0.2) is 29.1 Å². The maximum Gasteiger partial charge on any atom is 0.345 e. The van der Waals surface area contributed by atoms with E-state index in [2.05, 4.69) is 0 Å². The molecule has 19 heavy (non-hydrogen) atoms. The van der Waals surface area contributed by atoms with Gasteiger partial charge in [-0.25, -0.2) is 4.79 Å². The fourth-order valence-electron chi connectivity index (χ4n) is 2.54. The zero-order valence-electron chi connectivity index (χ0n) is 10.3. The summed E-state index contributed by atoms with van der Waals surface area (Å²) in [7, 11) is 0. The fraction of sp³-hybridized carbons (Fsp3) is 0.286. The SMILES string of the molecule is O=C(O)c1ccc(Cn2c3c(ccc2=O)CCC3)s1. The molecule has 0 aliphatic heterocycles. The Morgan fingerprint density at radius 1 is 1.26 bits per heavy atom. The Morgan fingerprint density at radius 2 is 2.11 bits per heavy atom. The predicted octanol–water partition coefficient (Wildman–Crippen LogP) is 2.15. The van der Waals surface area contributed by atoms with E-state index in [1.54, 1.807) is 22.8 Å². The van der Waals surface area contributed by atoms with Crippen molar-refractivity contribution in [3.8, 4) is 0 Å². The van der Waals surface area contributed by atoms with Crippen LogP contribution in [0.3, 0.4) is 0 Å². The van der Waals surface area contributed by atoms with Crippen LogP contribution in [0, 0.1) is 0 Å². The number of carboxylic acid groups (broad SMARTS) is 1. The summed E-state index contributed by atoms with van der Waals surface area (Å²) in [6, 6.07) is 6.90. The van der Waals surface area contributed by atoms with E-state index in [1.807, 2.05) is 6.07 Å². The molecule has 5 heteroatoms. The van der Waals surface area contributed by atoms with Gasteiger partial charge in [0.05, 0.1) is 6.54 Å². The van der Waals surface area contributed by atoms with Crippen LogP contribution in [0.2, 0.25) is 0 Å². The first-order valence-electron chi connectivity index (χ1n) is 6.19. The van der Waals surface area contributed by atoms with E-state index in [9.17, 15) is 9.59 Å². The number of carbonyl (C=O) groups is 1. The molecule has 2 aromatic rings. The number of fused-ring (bicyclic) bond motifs is 1. The van der Waals surface area contributed by atoms with Gasteiger partial charge in [0, 0.05) is 16.6 Å². The topological polar surface area (TPSA) is 59.3 Å². The number of rotatable bonds is 3. The lowest BCUT2D eigenvalue weighted by atomic mass is 10.2. The summed E-state index contributed by atoms with van der Waals surface area (Å²) in [4.78, 5) is 24.1. The molecule has 0 amide bonds. The average Bonchev–Trinajstić information content (AvgIpc) is 3.01. The maximum absolute atomic E-state index is 12.0. The van der Waals surface area contributed by atoms with Gasteiger partial charge in [-0.1, -0.05) is 6.07 Å². The van der Waals surface area contributed by atoms with Crippen molar-refractivity contribution >= 4 is 17.3 Å². The number of pyridine rings is 1. The highest BCUT2D eigenvalue weighted by atomic mass is 32.1. The molecule has 0 atom stereocenters. The number of carboxylic acids is 1. The van der Waals surface area contributed by atoms with Crippen LogP contribution in [0.25, 0.3) is 0 Å². The molecular formula is C14H13NO3S. The lowest BCUT2D eigenvalue weighted by Gasteiger charge is -2.10. The monoisotopic (exact) mass is 275 g/mol. The van der Waals surface area contributed by atoms with E-state index in [1.165, 1.54) is 16.9 Å².